The molecule has 1 aromatic heterocycles. The molecule has 0 saturated heterocycles. The van der Waals surface area contributed by atoms with Gasteiger partial charge in [-0.25, -0.2) is 4.68 Å². The van der Waals surface area contributed by atoms with Crippen LogP contribution in [0.3, 0.4) is 0 Å². The lowest BCUT2D eigenvalue weighted by Crippen LogP contribution is -2.23. The fourth-order valence-electron chi connectivity index (χ4n) is 1.12. The molecule has 0 unspecified atom stereocenters. The minimum absolute atomic E-state index is 0.0670. The summed E-state index contributed by atoms with van der Waals surface area (Å²) >= 11 is 11.3. The van der Waals surface area contributed by atoms with Crippen LogP contribution < -0.4 is 5.56 Å². The summed E-state index contributed by atoms with van der Waals surface area (Å²) < 4.78 is 1.38. The van der Waals surface area contributed by atoms with Gasteiger partial charge < -0.3 is 0 Å². The van der Waals surface area contributed by atoms with E-state index >= 15 is 0 Å². The van der Waals surface area contributed by atoms with Gasteiger partial charge in [-0.1, -0.05) is 23.2 Å². The number of rotatable bonds is 2. The van der Waals surface area contributed by atoms with Gasteiger partial charge in [0.2, 0.25) is 0 Å². The highest BCUT2D eigenvalue weighted by molar-refractivity contribution is 6.41. The molecule has 70 valence electrons. The Morgan fingerprint density at radius 3 is 2.85 bits per heavy atom. The Morgan fingerprint density at radius 1 is 1.54 bits per heavy atom. The van der Waals surface area contributed by atoms with Crippen molar-refractivity contribution in [1.82, 2.24) is 9.78 Å². The van der Waals surface area contributed by atoms with E-state index in [9.17, 15) is 4.79 Å². The molecular formula is C8H8Cl2N2O. The van der Waals surface area contributed by atoms with Gasteiger partial charge in [-0.2, -0.15) is 5.10 Å². The molecule has 0 aromatic carbocycles. The van der Waals surface area contributed by atoms with Gasteiger partial charge in [0, 0.05) is 6.54 Å². The van der Waals surface area contributed by atoms with Gasteiger partial charge in [0.05, 0.1) is 11.2 Å². The first-order chi connectivity index (χ1) is 6.18. The van der Waals surface area contributed by atoms with Crippen LogP contribution in [0.4, 0.5) is 0 Å². The van der Waals surface area contributed by atoms with E-state index in [2.05, 4.69) is 5.10 Å². The Morgan fingerprint density at radius 2 is 2.23 bits per heavy atom. The van der Waals surface area contributed by atoms with Crippen LogP contribution >= 0.6 is 23.2 Å². The highest BCUT2D eigenvalue weighted by Gasteiger charge is 2.23. The molecule has 13 heavy (non-hydrogen) atoms. The van der Waals surface area contributed by atoms with Gasteiger partial charge in [-0.15, -0.1) is 0 Å². The van der Waals surface area contributed by atoms with Crippen LogP contribution in [-0.2, 0) is 6.54 Å². The smallest absolute Gasteiger partial charge is 0.266 e. The summed E-state index contributed by atoms with van der Waals surface area (Å²) in [6.45, 7) is 0.662. The number of hydrogen-bond donors (Lipinski definition) is 0. The second-order valence-electron chi connectivity index (χ2n) is 3.24. The average molecular weight is 219 g/mol. The topological polar surface area (TPSA) is 34.9 Å². The summed E-state index contributed by atoms with van der Waals surface area (Å²) in [4.78, 5) is 11.4. The molecule has 1 heterocycles. The molecule has 1 aromatic rings. The zero-order chi connectivity index (χ0) is 9.42. The Hall–Kier alpha value is -0.540. The quantitative estimate of drug-likeness (QED) is 0.761. The molecular weight excluding hydrogens is 211 g/mol. The maximum atomic E-state index is 11.4. The van der Waals surface area contributed by atoms with Gasteiger partial charge in [-0.05, 0) is 18.8 Å². The third-order valence-corrected chi connectivity index (χ3v) is 2.82. The lowest BCUT2D eigenvalue weighted by molar-refractivity contribution is 0.533. The summed E-state index contributed by atoms with van der Waals surface area (Å²) in [5.74, 6) is 0.599. The van der Waals surface area contributed by atoms with Crippen molar-refractivity contribution in [3.63, 3.8) is 0 Å². The Balaban J connectivity index is 2.35. The van der Waals surface area contributed by atoms with Crippen molar-refractivity contribution in [2.75, 3.05) is 0 Å². The number of nitrogens with zero attached hydrogens (tertiary/aromatic N) is 2. The van der Waals surface area contributed by atoms with Gasteiger partial charge in [-0.3, -0.25) is 4.79 Å². The second kappa shape index (κ2) is 3.31. The van der Waals surface area contributed by atoms with E-state index in [-0.39, 0.29) is 15.6 Å². The van der Waals surface area contributed by atoms with Crippen molar-refractivity contribution >= 4 is 23.2 Å². The van der Waals surface area contributed by atoms with Crippen molar-refractivity contribution in [3.05, 3.63) is 26.6 Å². The molecule has 1 saturated carbocycles. The molecule has 0 atom stereocenters. The van der Waals surface area contributed by atoms with E-state index in [1.165, 1.54) is 23.7 Å². The molecule has 0 bridgehead atoms. The number of aromatic nitrogens is 2. The average Bonchev–Trinajstić information content (AvgIpc) is 2.90. The first kappa shape index (κ1) is 9.03. The molecule has 2 rings (SSSR count). The maximum Gasteiger partial charge on any atom is 0.287 e. The molecule has 0 aliphatic heterocycles. The summed E-state index contributed by atoms with van der Waals surface area (Å²) in [6, 6.07) is 0. The Kier molecular flexibility index (Phi) is 2.30. The zero-order valence-electron chi connectivity index (χ0n) is 6.83. The zero-order valence-corrected chi connectivity index (χ0v) is 8.35. The van der Waals surface area contributed by atoms with Gasteiger partial charge in [0.25, 0.3) is 5.56 Å². The van der Waals surface area contributed by atoms with Crippen LogP contribution in [0, 0.1) is 5.92 Å². The molecule has 1 aliphatic rings. The fraction of sp³-hybridized carbons (Fsp3) is 0.500. The lowest BCUT2D eigenvalue weighted by atomic mass is 10.4. The SMILES string of the molecule is O=c1c(Cl)c(Cl)cnn1CC1CC1. The predicted octanol–water partition coefficient (Wildman–Crippen LogP) is 1.96. The van der Waals surface area contributed by atoms with Crippen molar-refractivity contribution in [2.24, 2.45) is 5.92 Å². The summed E-state index contributed by atoms with van der Waals surface area (Å²) in [5.41, 5.74) is -0.291. The predicted molar refractivity (Wildman–Crippen MR) is 51.2 cm³/mol. The van der Waals surface area contributed by atoms with Crippen LogP contribution in [-0.4, -0.2) is 9.78 Å². The van der Waals surface area contributed by atoms with E-state index in [1.807, 2.05) is 0 Å². The lowest BCUT2D eigenvalue weighted by Gasteiger charge is -2.03. The molecule has 3 nitrogen and oxygen atoms in total. The third kappa shape index (κ3) is 1.86. The fourth-order valence-corrected chi connectivity index (χ4v) is 1.39. The second-order valence-corrected chi connectivity index (χ2v) is 4.02. The standard InChI is InChI=1S/C8H8Cl2N2O/c9-6-3-11-12(4-5-1-2-5)8(13)7(6)10/h3,5H,1-2,4H2. The van der Waals surface area contributed by atoms with Gasteiger partial charge >= 0.3 is 0 Å². The largest absolute Gasteiger partial charge is 0.287 e. The van der Waals surface area contributed by atoms with Crippen LogP contribution in [0.25, 0.3) is 0 Å². The monoisotopic (exact) mass is 218 g/mol. The molecule has 0 N–H and O–H groups in total. The van der Waals surface area contributed by atoms with Crippen molar-refractivity contribution in [2.45, 2.75) is 19.4 Å². The minimum Gasteiger partial charge on any atom is -0.266 e. The van der Waals surface area contributed by atoms with Crippen LogP contribution in [0.2, 0.25) is 10.0 Å². The Labute approximate surface area is 85.3 Å². The molecule has 1 aliphatic carbocycles. The third-order valence-electron chi connectivity index (χ3n) is 2.07. The highest BCUT2D eigenvalue weighted by Crippen LogP contribution is 2.30. The molecule has 1 fully saturated rings. The molecule has 0 spiro atoms. The van der Waals surface area contributed by atoms with Crippen molar-refractivity contribution in [1.29, 1.82) is 0 Å². The number of hydrogen-bond acceptors (Lipinski definition) is 2. The summed E-state index contributed by atoms with van der Waals surface area (Å²) in [6.07, 6.45) is 3.76. The van der Waals surface area contributed by atoms with E-state index in [0.717, 1.165) is 0 Å². The van der Waals surface area contributed by atoms with Gasteiger partial charge in [0.15, 0.2) is 0 Å². The van der Waals surface area contributed by atoms with Crippen molar-refractivity contribution in [3.8, 4) is 0 Å². The van der Waals surface area contributed by atoms with Crippen LogP contribution in [0.15, 0.2) is 11.0 Å². The minimum atomic E-state index is -0.291. The summed E-state index contributed by atoms with van der Waals surface area (Å²) in [5, 5.41) is 4.19. The van der Waals surface area contributed by atoms with E-state index in [1.54, 1.807) is 0 Å². The Bertz CT molecular complexity index is 384. The summed E-state index contributed by atoms with van der Waals surface area (Å²) in [7, 11) is 0. The van der Waals surface area contributed by atoms with Crippen molar-refractivity contribution < 1.29 is 0 Å². The molecule has 5 heteroatoms. The molecule has 0 radical (unpaired) electrons. The van der Waals surface area contributed by atoms with Gasteiger partial charge in [0.1, 0.15) is 5.02 Å². The van der Waals surface area contributed by atoms with E-state index in [0.29, 0.717) is 12.5 Å². The van der Waals surface area contributed by atoms with Crippen LogP contribution in [0.1, 0.15) is 12.8 Å². The van der Waals surface area contributed by atoms with E-state index in [4.69, 9.17) is 23.2 Å². The maximum absolute atomic E-state index is 11.4. The normalized spacial score (nSPS) is 16.2. The van der Waals surface area contributed by atoms with Crippen LogP contribution in [0.5, 0.6) is 0 Å². The first-order valence-electron chi connectivity index (χ1n) is 4.09. The first-order valence-corrected chi connectivity index (χ1v) is 4.85. The molecule has 0 amide bonds. The number of halogens is 2. The van der Waals surface area contributed by atoms with E-state index < -0.39 is 0 Å². The highest BCUT2D eigenvalue weighted by atomic mass is 35.5.